The van der Waals surface area contributed by atoms with Gasteiger partial charge in [-0.05, 0) is 103 Å². The van der Waals surface area contributed by atoms with Crippen LogP contribution in [-0.2, 0) is 27.8 Å². The smallest absolute Gasteiger partial charge is 0.349 e. The molecule has 0 N–H and O–H groups in total. The highest BCUT2D eigenvalue weighted by molar-refractivity contribution is 6.77. The quantitative estimate of drug-likeness (QED) is 0.0573. The van der Waals surface area contributed by atoms with Crippen molar-refractivity contribution in [3.05, 3.63) is 119 Å². The minimum atomic E-state index is -1.46. The maximum Gasteiger partial charge on any atom is 0.349 e. The summed E-state index contributed by atoms with van der Waals surface area (Å²) in [6.07, 6.45) is 11.0. The lowest BCUT2D eigenvalue weighted by atomic mass is 9.65. The number of carbonyl (C=O) groups is 2. The molecule has 1 fully saturated rings. The van der Waals surface area contributed by atoms with Crippen LogP contribution in [0.4, 0.5) is 0 Å². The van der Waals surface area contributed by atoms with Crippen LogP contribution in [0.1, 0.15) is 94.4 Å². The first-order valence-electron chi connectivity index (χ1n) is 19.8. The fourth-order valence-corrected chi connectivity index (χ4v) is 12.9. The monoisotopic (exact) mass is 748 g/mol. The molecule has 0 aliphatic heterocycles. The Hall–Kier alpha value is -4.36. The van der Waals surface area contributed by atoms with Gasteiger partial charge in [-0.1, -0.05) is 125 Å². The summed E-state index contributed by atoms with van der Waals surface area (Å²) in [6.45, 7) is 11.1. The van der Waals surface area contributed by atoms with Crippen molar-refractivity contribution in [1.29, 1.82) is 0 Å². The van der Waals surface area contributed by atoms with Crippen molar-refractivity contribution in [1.82, 2.24) is 0 Å². The standard InChI is InChI=1S/C47H60O6Si/c1-36(48)52-42-28-24-40(25-29-42)47(31-12-7-13-32-47)39-22-26-41(27-23-39)51-34-45(49)53-44-21-11-9-17-38(44)19-15-33-54(5,6)35-46(2,3)30-14-18-37-16-8-10-20-43(37)50-4/h8-11,16-17,20-29H,7,12-15,18-19,30-35H2,1-6H3. The van der Waals surface area contributed by atoms with Crippen molar-refractivity contribution in [2.75, 3.05) is 13.7 Å². The highest BCUT2D eigenvalue weighted by atomic mass is 28.3. The molecule has 4 aromatic carbocycles. The van der Waals surface area contributed by atoms with Gasteiger partial charge in [-0.15, -0.1) is 0 Å². The average Bonchev–Trinajstić information content (AvgIpc) is 3.15. The largest absolute Gasteiger partial charge is 0.496 e. The lowest BCUT2D eigenvalue weighted by Gasteiger charge is -2.38. The summed E-state index contributed by atoms with van der Waals surface area (Å²) >= 11 is 0. The summed E-state index contributed by atoms with van der Waals surface area (Å²) in [5, 5.41) is 0. The van der Waals surface area contributed by atoms with Crippen LogP contribution in [0.2, 0.25) is 25.2 Å². The molecular formula is C47H60O6Si. The van der Waals surface area contributed by atoms with E-state index >= 15 is 0 Å². The third-order valence-corrected chi connectivity index (χ3v) is 14.7. The summed E-state index contributed by atoms with van der Waals surface area (Å²) in [5.41, 5.74) is 4.99. The zero-order chi connectivity index (χ0) is 38.6. The van der Waals surface area contributed by atoms with E-state index in [0.29, 0.717) is 22.7 Å². The Kier molecular flexibility index (Phi) is 14.2. The molecule has 0 spiro atoms. The number of ether oxygens (including phenoxy) is 4. The Morgan fingerprint density at radius 1 is 0.704 bits per heavy atom. The third kappa shape index (κ3) is 11.6. The Morgan fingerprint density at radius 3 is 1.87 bits per heavy atom. The van der Waals surface area contributed by atoms with Gasteiger partial charge in [0.25, 0.3) is 0 Å². The number of benzene rings is 4. The molecule has 1 aliphatic carbocycles. The van der Waals surface area contributed by atoms with Crippen molar-refractivity contribution in [2.24, 2.45) is 5.41 Å². The van der Waals surface area contributed by atoms with Gasteiger partial charge in [-0.25, -0.2) is 4.79 Å². The Morgan fingerprint density at radius 2 is 1.26 bits per heavy atom. The van der Waals surface area contributed by atoms with Gasteiger partial charge in [-0.2, -0.15) is 0 Å². The van der Waals surface area contributed by atoms with Gasteiger partial charge in [0.05, 0.1) is 7.11 Å². The molecule has 0 atom stereocenters. The second-order valence-corrected chi connectivity index (χ2v) is 21.9. The van der Waals surface area contributed by atoms with Crippen LogP contribution in [0, 0.1) is 5.41 Å². The molecule has 54 heavy (non-hydrogen) atoms. The maximum atomic E-state index is 13.0. The minimum absolute atomic E-state index is 0.111. The molecule has 0 aromatic heterocycles. The topological polar surface area (TPSA) is 71.1 Å². The van der Waals surface area contributed by atoms with Crippen LogP contribution in [0.3, 0.4) is 0 Å². The molecule has 0 unspecified atom stereocenters. The molecule has 0 heterocycles. The number of aryl methyl sites for hydroxylation is 2. The molecule has 0 saturated heterocycles. The molecule has 0 amide bonds. The van der Waals surface area contributed by atoms with Crippen molar-refractivity contribution < 1.29 is 28.5 Å². The number of rotatable bonds is 18. The Bertz CT molecular complexity index is 1800. The molecule has 6 nitrogen and oxygen atoms in total. The molecule has 0 radical (unpaired) electrons. The SMILES string of the molecule is COc1ccccc1CCCC(C)(C)C[Si](C)(C)CCCc1ccccc1OC(=O)COc1ccc(C2(c3ccc(OC(C)=O)cc3)CCCCC2)cc1. The van der Waals surface area contributed by atoms with Crippen LogP contribution < -0.4 is 18.9 Å². The molecule has 5 rings (SSSR count). The number of para-hydroxylation sites is 2. The van der Waals surface area contributed by atoms with Gasteiger partial charge in [-0.3, -0.25) is 4.79 Å². The third-order valence-electron chi connectivity index (χ3n) is 11.1. The summed E-state index contributed by atoms with van der Waals surface area (Å²) < 4.78 is 22.6. The fraction of sp³-hybridized carbons (Fsp3) is 0.447. The molecule has 4 aromatic rings. The first-order valence-corrected chi connectivity index (χ1v) is 23.2. The number of hydrogen-bond acceptors (Lipinski definition) is 6. The predicted octanol–water partition coefficient (Wildman–Crippen LogP) is 11.5. The Balaban J connectivity index is 1.10. The van der Waals surface area contributed by atoms with Crippen LogP contribution in [0.25, 0.3) is 0 Å². The van der Waals surface area contributed by atoms with E-state index in [-0.39, 0.29) is 18.0 Å². The molecule has 1 saturated carbocycles. The highest BCUT2D eigenvalue weighted by Gasteiger charge is 2.36. The first-order chi connectivity index (χ1) is 25.9. The second kappa shape index (κ2) is 18.8. The zero-order valence-electron chi connectivity index (χ0n) is 33.4. The molecule has 7 heteroatoms. The van der Waals surface area contributed by atoms with E-state index in [4.69, 9.17) is 18.9 Å². The van der Waals surface area contributed by atoms with E-state index in [0.717, 1.165) is 62.7 Å². The van der Waals surface area contributed by atoms with Crippen LogP contribution >= 0.6 is 0 Å². The molecule has 288 valence electrons. The highest BCUT2D eigenvalue weighted by Crippen LogP contribution is 2.45. The number of methoxy groups -OCH3 is 1. The zero-order valence-corrected chi connectivity index (χ0v) is 34.4. The van der Waals surface area contributed by atoms with E-state index < -0.39 is 14.0 Å². The fourth-order valence-electron chi connectivity index (χ4n) is 8.78. The minimum Gasteiger partial charge on any atom is -0.496 e. The number of carbonyl (C=O) groups excluding carboxylic acids is 2. The van der Waals surface area contributed by atoms with Crippen LogP contribution in [0.5, 0.6) is 23.0 Å². The van der Waals surface area contributed by atoms with Gasteiger partial charge in [0.15, 0.2) is 6.61 Å². The van der Waals surface area contributed by atoms with Gasteiger partial charge in [0, 0.05) is 20.4 Å². The lowest BCUT2D eigenvalue weighted by Crippen LogP contribution is -2.32. The van der Waals surface area contributed by atoms with Crippen molar-refractivity contribution in [3.8, 4) is 23.0 Å². The second-order valence-electron chi connectivity index (χ2n) is 16.7. The summed E-state index contributed by atoms with van der Waals surface area (Å²) in [6, 6.07) is 34.8. The summed E-state index contributed by atoms with van der Waals surface area (Å²) in [7, 11) is 0.294. The summed E-state index contributed by atoms with van der Waals surface area (Å²) in [4.78, 5) is 24.4. The van der Waals surface area contributed by atoms with E-state index in [1.807, 2.05) is 54.6 Å². The number of esters is 2. The lowest BCUT2D eigenvalue weighted by molar-refractivity contribution is -0.136. The summed E-state index contributed by atoms with van der Waals surface area (Å²) in [5.74, 6) is 2.07. The van der Waals surface area contributed by atoms with Crippen LogP contribution in [0.15, 0.2) is 97.1 Å². The maximum absolute atomic E-state index is 13.0. The van der Waals surface area contributed by atoms with E-state index in [1.54, 1.807) is 7.11 Å². The van der Waals surface area contributed by atoms with Crippen molar-refractivity contribution >= 4 is 20.0 Å². The molecule has 0 bridgehead atoms. The van der Waals surface area contributed by atoms with Crippen LogP contribution in [-0.4, -0.2) is 33.7 Å². The van der Waals surface area contributed by atoms with E-state index in [9.17, 15) is 9.59 Å². The van der Waals surface area contributed by atoms with Gasteiger partial charge >= 0.3 is 11.9 Å². The molecule has 1 aliphatic rings. The number of hydrogen-bond donors (Lipinski definition) is 0. The van der Waals surface area contributed by atoms with Crippen molar-refractivity contribution in [2.45, 2.75) is 116 Å². The van der Waals surface area contributed by atoms with E-state index in [2.05, 4.69) is 69.4 Å². The van der Waals surface area contributed by atoms with E-state index in [1.165, 1.54) is 48.5 Å². The average molecular weight is 749 g/mol. The predicted molar refractivity (Wildman–Crippen MR) is 221 cm³/mol. The first kappa shape index (κ1) is 40.8. The van der Waals surface area contributed by atoms with Gasteiger partial charge in [0.1, 0.15) is 23.0 Å². The van der Waals surface area contributed by atoms with Gasteiger partial charge in [0.2, 0.25) is 0 Å². The van der Waals surface area contributed by atoms with Gasteiger partial charge < -0.3 is 18.9 Å². The Labute approximate surface area is 324 Å². The normalized spacial score (nSPS) is 14.3. The van der Waals surface area contributed by atoms with Crippen molar-refractivity contribution in [3.63, 3.8) is 0 Å². The molecular weight excluding hydrogens is 689 g/mol.